The number of rotatable bonds is 5. The lowest BCUT2D eigenvalue weighted by Crippen LogP contribution is -1.91. The molecule has 15 aromatic carbocycles. The molecule has 0 aliphatic carbocycles. The molecule has 0 atom stereocenters. The van der Waals surface area contributed by atoms with Gasteiger partial charge in [0.2, 0.25) is 0 Å². The van der Waals surface area contributed by atoms with E-state index in [1.807, 2.05) is 0 Å². The SMILES string of the molecule is [2H]c1c([2H])c([2H])c(-c2c3c([2H])c([2H])c([2H])c([2H])c3c(-c3c([2H])c([2H])c([2H])c4oc5c([2H])c6c([2H])c([2H])c([2H])c([2H])c6cc5c34)c3c([2H])c([2H])c([2H])c([2H])c23)c([2H])c1[2H].c1cc(-c2ccc3ccccc3c2)cc(-c2c3ccccc3c(-c3ccc4ccccc4c3)c3ccccc23)c1. The zero-order valence-corrected chi connectivity index (χ0v) is 40.5. The van der Waals surface area contributed by atoms with Crippen molar-refractivity contribution in [3.63, 3.8) is 0 Å². The van der Waals surface area contributed by atoms with E-state index in [-0.39, 0.29) is 27.1 Å². The Bertz CT molecular complexity index is 6110. The topological polar surface area (TPSA) is 13.1 Å². The van der Waals surface area contributed by atoms with E-state index in [4.69, 9.17) is 26.3 Å². The van der Waals surface area contributed by atoms with Crippen LogP contribution in [0.25, 0.3) is 153 Å². The average molecular weight is 998 g/mol. The molecule has 0 radical (unpaired) electrons. The molecule has 1 aromatic heterocycles. The quantitative estimate of drug-likeness (QED) is 0.157. The third kappa shape index (κ3) is 7.55. The highest BCUT2D eigenvalue weighted by Gasteiger charge is 2.21. The normalized spacial score (nSPS) is 15.5. The Kier molecular flexibility index (Phi) is 6.69. The van der Waals surface area contributed by atoms with Crippen LogP contribution in [0.4, 0.5) is 0 Å². The molecule has 0 saturated heterocycles. The molecule has 358 valence electrons. The minimum Gasteiger partial charge on any atom is -0.456 e. The Hall–Kier alpha value is -10.1. The number of benzene rings is 15. The second-order valence-electron chi connectivity index (χ2n) is 18.7. The van der Waals surface area contributed by atoms with Gasteiger partial charge >= 0.3 is 0 Å². The van der Waals surface area contributed by atoms with Gasteiger partial charge in [-0.1, -0.05) is 254 Å². The van der Waals surface area contributed by atoms with E-state index < -0.39 is 176 Å². The molecule has 0 amide bonds. The van der Waals surface area contributed by atoms with Crippen molar-refractivity contribution in [3.8, 4) is 55.6 Å². The summed E-state index contributed by atoms with van der Waals surface area (Å²) in [6.45, 7) is 0. The van der Waals surface area contributed by atoms with Gasteiger partial charge in [-0.2, -0.15) is 0 Å². The Morgan fingerprint density at radius 1 is 0.247 bits per heavy atom. The first-order valence-electron chi connectivity index (χ1n) is 35.3. The lowest BCUT2D eigenvalue weighted by atomic mass is 9.85. The predicted molar refractivity (Wildman–Crippen MR) is 330 cm³/mol. The molecule has 1 heterocycles. The second-order valence-corrected chi connectivity index (χ2v) is 18.7. The van der Waals surface area contributed by atoms with Crippen molar-refractivity contribution < 1.29 is 33.2 Å². The summed E-state index contributed by atoms with van der Waals surface area (Å²) in [5.74, 6) is 0. The van der Waals surface area contributed by atoms with E-state index in [0.29, 0.717) is 0 Å². The maximum atomic E-state index is 9.35. The summed E-state index contributed by atoms with van der Waals surface area (Å²) in [6.07, 6.45) is 0. The number of furan rings is 1. The zero-order chi connectivity index (χ0) is 69.1. The Balaban J connectivity index is 0.000000170. The van der Waals surface area contributed by atoms with E-state index in [0.717, 1.165) is 0 Å². The first-order valence-corrected chi connectivity index (χ1v) is 24.8. The molecule has 0 aliphatic heterocycles. The number of hydrogen-bond donors (Lipinski definition) is 0. The largest absolute Gasteiger partial charge is 0.456 e. The maximum Gasteiger partial charge on any atom is 0.136 e. The molecule has 0 bridgehead atoms. The molecule has 77 heavy (non-hydrogen) atoms. The lowest BCUT2D eigenvalue weighted by Gasteiger charge is -2.18. The first kappa shape index (κ1) is 28.0. The summed E-state index contributed by atoms with van der Waals surface area (Å²) < 4.78 is 190. The highest BCUT2D eigenvalue weighted by atomic mass is 16.3. The molecular weight excluding hydrogens is 929 g/mol. The highest BCUT2D eigenvalue weighted by Crippen LogP contribution is 2.48. The van der Waals surface area contributed by atoms with Gasteiger partial charge in [-0.3, -0.25) is 0 Å². The molecule has 1 heteroatoms. The molecule has 0 saturated carbocycles. The summed E-state index contributed by atoms with van der Waals surface area (Å²) in [5, 5.41) is 7.07. The zero-order valence-electron chi connectivity index (χ0n) is 61.5. The van der Waals surface area contributed by atoms with Crippen molar-refractivity contribution >= 4 is 97.3 Å². The smallest absolute Gasteiger partial charge is 0.136 e. The summed E-state index contributed by atoms with van der Waals surface area (Å²) in [7, 11) is 0. The van der Waals surface area contributed by atoms with Crippen LogP contribution in [0.2, 0.25) is 0 Å². The van der Waals surface area contributed by atoms with Gasteiger partial charge < -0.3 is 4.42 Å². The van der Waals surface area contributed by atoms with Crippen molar-refractivity contribution in [1.82, 2.24) is 0 Å². The molecule has 1 nitrogen and oxygen atoms in total. The van der Waals surface area contributed by atoms with Gasteiger partial charge in [-0.05, 0) is 167 Å². The van der Waals surface area contributed by atoms with Crippen LogP contribution in [-0.4, -0.2) is 0 Å². The van der Waals surface area contributed by atoms with Crippen molar-refractivity contribution in [2.24, 2.45) is 0 Å². The van der Waals surface area contributed by atoms with Gasteiger partial charge in [0, 0.05) is 10.8 Å². The predicted octanol–water partition coefficient (Wildman–Crippen LogP) is 21.7. The number of hydrogen-bond acceptors (Lipinski definition) is 1. The van der Waals surface area contributed by atoms with E-state index in [1.165, 1.54) is 82.5 Å². The maximum absolute atomic E-state index is 9.35. The van der Waals surface area contributed by atoms with E-state index in [2.05, 4.69) is 158 Å². The van der Waals surface area contributed by atoms with Gasteiger partial charge in [0.05, 0.1) is 28.8 Å². The van der Waals surface area contributed by atoms with Gasteiger partial charge in [0.1, 0.15) is 11.2 Å². The Morgan fingerprint density at radius 3 is 1.34 bits per heavy atom. The summed E-state index contributed by atoms with van der Waals surface area (Å²) >= 11 is 0. The molecule has 0 fully saturated rings. The molecule has 0 unspecified atom stereocenters. The summed E-state index contributed by atoms with van der Waals surface area (Å²) in [6, 6.07) is 42.4. The molecule has 16 aromatic rings. The molecule has 0 spiro atoms. The fraction of sp³-hybridized carbons (Fsp3) is 0. The second kappa shape index (κ2) is 18.4. The fourth-order valence-electron chi connectivity index (χ4n) is 11.0. The fourth-order valence-corrected chi connectivity index (χ4v) is 11.0. The van der Waals surface area contributed by atoms with Gasteiger partial charge in [0.25, 0.3) is 0 Å². The molecule has 0 N–H and O–H groups in total. The third-order valence-electron chi connectivity index (χ3n) is 14.4. The minimum absolute atomic E-state index is 0.146. The molecular formula is C76H48O. The van der Waals surface area contributed by atoms with Crippen LogP contribution in [0.5, 0.6) is 0 Å². The van der Waals surface area contributed by atoms with Crippen molar-refractivity contribution in [2.75, 3.05) is 0 Å². The van der Waals surface area contributed by atoms with Crippen molar-refractivity contribution in [3.05, 3.63) is 291 Å². The third-order valence-corrected chi connectivity index (χ3v) is 14.4. The van der Waals surface area contributed by atoms with Crippen LogP contribution in [0, 0.1) is 0 Å². The van der Waals surface area contributed by atoms with Crippen LogP contribution in [0.3, 0.4) is 0 Å². The van der Waals surface area contributed by atoms with Crippen molar-refractivity contribution in [1.29, 1.82) is 0 Å². The first-order chi connectivity index (χ1) is 46.9. The standard InChI is InChI=1S/C40H26.C36H22O/c1-3-12-29-24-32(22-20-27(29)10-1)31-14-9-15-33(26-31)39-35-16-5-7-18-37(35)40(38-19-8-6-17-36(38)39)34-23-21-28-11-2-4-13-30(28)25-34;1-2-11-23(12-3-1)34-26-15-6-8-17-28(26)35(29-18-9-7-16-27(29)34)30-19-10-20-32-36(30)31-21-24-13-4-5-14-25(24)22-33(31)37-32/h1-26H;1-22H/i;1D,2D,3D,4D,5D,6D,7D,8D,9D,10D,11D,12D,13D,14D,15D,16D,17D,18D,19D,20D,22D. The lowest BCUT2D eigenvalue weighted by molar-refractivity contribution is 0.669. The molecule has 16 rings (SSSR count). The summed E-state index contributed by atoms with van der Waals surface area (Å²) in [4.78, 5) is 0. The molecule has 0 aliphatic rings. The summed E-state index contributed by atoms with van der Waals surface area (Å²) in [5.41, 5.74) is 4.51. The Morgan fingerprint density at radius 2 is 0.714 bits per heavy atom. The highest BCUT2D eigenvalue weighted by molar-refractivity contribution is 6.26. The van der Waals surface area contributed by atoms with Crippen molar-refractivity contribution in [2.45, 2.75) is 0 Å². The van der Waals surface area contributed by atoms with E-state index in [9.17, 15) is 6.85 Å². The van der Waals surface area contributed by atoms with Gasteiger partial charge in [0.15, 0.2) is 0 Å². The van der Waals surface area contributed by atoms with E-state index >= 15 is 0 Å². The van der Waals surface area contributed by atoms with Gasteiger partial charge in [-0.25, -0.2) is 0 Å². The van der Waals surface area contributed by atoms with Gasteiger partial charge in [-0.15, -0.1) is 0 Å². The van der Waals surface area contributed by atoms with Crippen LogP contribution in [-0.2, 0) is 0 Å². The monoisotopic (exact) mass is 998 g/mol. The average Bonchev–Trinajstić information content (AvgIpc) is 1.41. The van der Waals surface area contributed by atoms with E-state index in [1.54, 1.807) is 0 Å². The number of fused-ring (bicyclic) bond motifs is 10. The van der Waals surface area contributed by atoms with Crippen LogP contribution in [0.1, 0.15) is 28.8 Å². The van der Waals surface area contributed by atoms with Crippen LogP contribution < -0.4 is 0 Å². The van der Waals surface area contributed by atoms with Crippen LogP contribution >= 0.6 is 0 Å². The minimum atomic E-state index is -0.871. The van der Waals surface area contributed by atoms with Crippen LogP contribution in [0.15, 0.2) is 295 Å². The Labute approximate surface area is 475 Å².